The molecule has 13 nitrogen and oxygen atoms in total. The van der Waals surface area contributed by atoms with Crippen LogP contribution in [0.1, 0.15) is 44.2 Å². The number of benzene rings is 2. The largest absolute Gasteiger partial charge is 0.343 e. The minimum Gasteiger partial charge on any atom is -0.343 e. The van der Waals surface area contributed by atoms with Crippen molar-refractivity contribution >= 4 is 29.6 Å². The highest BCUT2D eigenvalue weighted by molar-refractivity contribution is 5.95. The van der Waals surface area contributed by atoms with E-state index in [1.807, 2.05) is 79.4 Å². The van der Waals surface area contributed by atoms with Crippen LogP contribution >= 0.6 is 0 Å². The van der Waals surface area contributed by atoms with Gasteiger partial charge in [0, 0.05) is 45.0 Å². The quantitative estimate of drug-likeness (QED) is 0.139. The van der Waals surface area contributed by atoms with Crippen LogP contribution in [0.2, 0.25) is 0 Å². The molecule has 0 saturated carbocycles. The Hall–Kier alpha value is -4.88. The average Bonchev–Trinajstić information content (AvgIpc) is 3.13. The molecule has 2 heterocycles. The lowest BCUT2D eigenvalue weighted by atomic mass is 9.99. The number of piperazine rings is 1. The molecule has 0 unspecified atom stereocenters. The van der Waals surface area contributed by atoms with E-state index in [0.717, 1.165) is 11.1 Å². The Balaban J connectivity index is 1.45. The molecule has 4 rings (SSSR count). The number of nitrogens with zero attached hydrogens (tertiary/aromatic N) is 4. The molecular formula is C37H51N9O4. The van der Waals surface area contributed by atoms with Crippen molar-refractivity contribution in [2.75, 3.05) is 37.6 Å². The van der Waals surface area contributed by atoms with E-state index in [2.05, 4.69) is 25.9 Å². The molecule has 0 radical (unpaired) electrons. The van der Waals surface area contributed by atoms with Gasteiger partial charge in [-0.1, -0.05) is 74.5 Å². The number of hydrogen-bond donors (Lipinski definition) is 5. The van der Waals surface area contributed by atoms with Crippen LogP contribution in [0.4, 0.5) is 5.95 Å². The van der Waals surface area contributed by atoms with Gasteiger partial charge < -0.3 is 37.2 Å². The van der Waals surface area contributed by atoms with Gasteiger partial charge in [0.1, 0.15) is 18.1 Å². The molecule has 1 aliphatic rings. The van der Waals surface area contributed by atoms with E-state index in [0.29, 0.717) is 64.4 Å². The molecule has 268 valence electrons. The first-order valence-corrected chi connectivity index (χ1v) is 17.4. The molecule has 1 aliphatic heterocycles. The zero-order valence-corrected chi connectivity index (χ0v) is 29.0. The second kappa shape index (κ2) is 19.3. The smallest absolute Gasteiger partial charge is 0.245 e. The van der Waals surface area contributed by atoms with E-state index in [1.165, 1.54) is 0 Å². The van der Waals surface area contributed by atoms with Crippen LogP contribution in [0, 0.1) is 5.92 Å². The van der Waals surface area contributed by atoms with Gasteiger partial charge in [0.15, 0.2) is 0 Å². The first-order chi connectivity index (χ1) is 24.1. The second-order valence-electron chi connectivity index (χ2n) is 13.1. The number of amides is 4. The first-order valence-electron chi connectivity index (χ1n) is 17.4. The summed E-state index contributed by atoms with van der Waals surface area (Å²) in [4.78, 5) is 67.1. The maximum atomic E-state index is 13.9. The maximum Gasteiger partial charge on any atom is 0.245 e. The van der Waals surface area contributed by atoms with Crippen LogP contribution in [-0.4, -0.2) is 95.4 Å². The minimum atomic E-state index is -0.992. The van der Waals surface area contributed by atoms with Gasteiger partial charge in [0.2, 0.25) is 29.6 Å². The molecule has 0 aliphatic carbocycles. The van der Waals surface area contributed by atoms with E-state index in [4.69, 9.17) is 11.5 Å². The number of anilines is 1. The maximum absolute atomic E-state index is 13.9. The van der Waals surface area contributed by atoms with Gasteiger partial charge in [-0.2, -0.15) is 0 Å². The van der Waals surface area contributed by atoms with Gasteiger partial charge in [-0.25, -0.2) is 9.97 Å². The van der Waals surface area contributed by atoms with Crippen molar-refractivity contribution in [3.05, 3.63) is 90.3 Å². The van der Waals surface area contributed by atoms with Crippen molar-refractivity contribution in [3.8, 4) is 0 Å². The van der Waals surface area contributed by atoms with Crippen LogP contribution < -0.4 is 32.3 Å². The van der Waals surface area contributed by atoms with E-state index < -0.39 is 41.9 Å². The Kier molecular flexibility index (Phi) is 14.7. The molecule has 13 heteroatoms. The van der Waals surface area contributed by atoms with Crippen LogP contribution in [0.15, 0.2) is 79.1 Å². The number of hydrogen-bond acceptors (Lipinski definition) is 9. The number of carbonyl (C=O) groups is 4. The lowest BCUT2D eigenvalue weighted by Crippen LogP contribution is -2.59. The summed E-state index contributed by atoms with van der Waals surface area (Å²) >= 11 is 0. The van der Waals surface area contributed by atoms with Gasteiger partial charge in [-0.3, -0.25) is 19.2 Å². The van der Waals surface area contributed by atoms with Crippen molar-refractivity contribution in [3.63, 3.8) is 0 Å². The van der Waals surface area contributed by atoms with Crippen LogP contribution in [0.3, 0.4) is 0 Å². The monoisotopic (exact) mass is 685 g/mol. The van der Waals surface area contributed by atoms with Gasteiger partial charge in [0.05, 0.1) is 6.04 Å². The van der Waals surface area contributed by atoms with E-state index in [9.17, 15) is 19.2 Å². The van der Waals surface area contributed by atoms with E-state index >= 15 is 0 Å². The number of nitrogens with two attached hydrogens (primary N) is 2. The molecule has 4 atom stereocenters. The SMILES string of the molecule is CC(C)C[C@@H](NC(=O)[C@@H](Cc1ccccc1)NC(=O)[C@H](N)Cc1ccccc1)C(=O)N[C@H](CCCN)C(=O)N1CCN(c2ncccn2)CC1. The minimum absolute atomic E-state index is 0.0407. The van der Waals surface area contributed by atoms with E-state index in [1.54, 1.807) is 23.4 Å². The van der Waals surface area contributed by atoms with Crippen molar-refractivity contribution in [1.29, 1.82) is 0 Å². The predicted molar refractivity (Wildman–Crippen MR) is 193 cm³/mol. The summed E-state index contributed by atoms with van der Waals surface area (Å²) in [7, 11) is 0. The topological polar surface area (TPSA) is 189 Å². The molecule has 1 fully saturated rings. The van der Waals surface area contributed by atoms with Crippen LogP contribution in [0.25, 0.3) is 0 Å². The van der Waals surface area contributed by atoms with Crippen molar-refractivity contribution in [2.24, 2.45) is 17.4 Å². The first kappa shape index (κ1) is 37.9. The fourth-order valence-electron chi connectivity index (χ4n) is 5.93. The Morgan fingerprint density at radius 1 is 0.720 bits per heavy atom. The molecule has 50 heavy (non-hydrogen) atoms. The molecule has 0 spiro atoms. The zero-order chi connectivity index (χ0) is 35.9. The highest BCUT2D eigenvalue weighted by atomic mass is 16.2. The highest BCUT2D eigenvalue weighted by Gasteiger charge is 2.33. The average molecular weight is 686 g/mol. The van der Waals surface area contributed by atoms with Crippen LogP contribution in [-0.2, 0) is 32.0 Å². The molecule has 4 amide bonds. The lowest BCUT2D eigenvalue weighted by Gasteiger charge is -2.36. The Morgan fingerprint density at radius 2 is 1.26 bits per heavy atom. The normalized spacial score (nSPS) is 15.5. The van der Waals surface area contributed by atoms with Gasteiger partial charge in [-0.05, 0) is 55.3 Å². The summed E-state index contributed by atoms with van der Waals surface area (Å²) in [6.07, 6.45) is 5.08. The van der Waals surface area contributed by atoms with Gasteiger partial charge in [-0.15, -0.1) is 0 Å². The van der Waals surface area contributed by atoms with Gasteiger partial charge in [0.25, 0.3) is 0 Å². The number of carbonyl (C=O) groups excluding carboxylic acids is 4. The van der Waals surface area contributed by atoms with E-state index in [-0.39, 0.29) is 18.2 Å². The Morgan fingerprint density at radius 3 is 1.84 bits per heavy atom. The summed E-state index contributed by atoms with van der Waals surface area (Å²) in [6.45, 7) is 6.28. The second-order valence-corrected chi connectivity index (χ2v) is 13.1. The third kappa shape index (κ3) is 11.6. The van der Waals surface area contributed by atoms with Crippen molar-refractivity contribution in [1.82, 2.24) is 30.8 Å². The molecule has 2 aromatic carbocycles. The highest BCUT2D eigenvalue weighted by Crippen LogP contribution is 2.14. The van der Waals surface area contributed by atoms with Crippen LogP contribution in [0.5, 0.6) is 0 Å². The zero-order valence-electron chi connectivity index (χ0n) is 29.0. The lowest BCUT2D eigenvalue weighted by molar-refractivity contribution is -0.138. The molecule has 1 aromatic heterocycles. The molecule has 7 N–H and O–H groups in total. The molecule has 1 saturated heterocycles. The summed E-state index contributed by atoms with van der Waals surface area (Å²) in [6, 6.07) is 16.9. The number of aromatic nitrogens is 2. The number of nitrogens with one attached hydrogen (secondary N) is 3. The number of rotatable bonds is 17. The summed E-state index contributed by atoms with van der Waals surface area (Å²) in [5, 5.41) is 8.65. The van der Waals surface area contributed by atoms with Crippen molar-refractivity contribution < 1.29 is 19.2 Å². The summed E-state index contributed by atoms with van der Waals surface area (Å²) in [5.41, 5.74) is 13.8. The fraction of sp³-hybridized carbons (Fsp3) is 0.459. The molecule has 0 bridgehead atoms. The van der Waals surface area contributed by atoms with Crippen molar-refractivity contribution in [2.45, 2.75) is 70.1 Å². The predicted octanol–water partition coefficient (Wildman–Crippen LogP) is 1.18. The molecular weight excluding hydrogens is 634 g/mol. The fourth-order valence-corrected chi connectivity index (χ4v) is 5.93. The molecule has 3 aromatic rings. The summed E-state index contributed by atoms with van der Waals surface area (Å²) < 4.78 is 0. The third-order valence-corrected chi connectivity index (χ3v) is 8.63. The summed E-state index contributed by atoms with van der Waals surface area (Å²) in [5.74, 6) is -1.00. The Bertz CT molecular complexity index is 1500. The Labute approximate surface area is 294 Å². The third-order valence-electron chi connectivity index (χ3n) is 8.63. The standard InChI is InChI=1S/C37H51N9O4/c1-26(2)23-31(34(48)42-30(15-9-16-38)36(50)45-19-21-46(22-20-45)37-40-17-10-18-41-37)44-35(49)32(25-28-13-7-4-8-14-28)43-33(47)29(39)24-27-11-5-3-6-12-27/h3-8,10-14,17-18,26,29-32H,9,15-16,19-25,38-39H2,1-2H3,(H,42,48)(H,43,47)(H,44,49)/t29-,30-,31-,32-/m1/s1. The van der Waals surface area contributed by atoms with Gasteiger partial charge >= 0.3 is 0 Å².